The third kappa shape index (κ3) is 2.38. The second-order valence-electron chi connectivity index (χ2n) is 6.09. The van der Waals surface area contributed by atoms with Gasteiger partial charge in [0.05, 0.1) is 12.0 Å². The van der Waals surface area contributed by atoms with E-state index in [2.05, 4.69) is 45.5 Å². The van der Waals surface area contributed by atoms with Crippen LogP contribution in [0.3, 0.4) is 0 Å². The monoisotopic (exact) mass is 368 g/mol. The zero-order chi connectivity index (χ0) is 16.0. The van der Waals surface area contributed by atoms with Crippen molar-refractivity contribution in [2.75, 3.05) is 5.32 Å². The van der Waals surface area contributed by atoms with Crippen LogP contribution in [0.2, 0.25) is 0 Å². The van der Waals surface area contributed by atoms with E-state index in [-0.39, 0.29) is 17.5 Å². The Labute approximate surface area is 143 Å². The van der Waals surface area contributed by atoms with Crippen LogP contribution < -0.4 is 10.4 Å². The predicted molar refractivity (Wildman–Crippen MR) is 91.3 cm³/mol. The molecule has 1 aliphatic carbocycles. The summed E-state index contributed by atoms with van der Waals surface area (Å²) in [5.74, 6) is -0.494. The first-order valence-corrected chi connectivity index (χ1v) is 8.47. The van der Waals surface area contributed by atoms with E-state index in [0.717, 1.165) is 22.0 Å². The van der Waals surface area contributed by atoms with Gasteiger partial charge in [0.25, 0.3) is 0 Å². The fourth-order valence-electron chi connectivity index (χ4n) is 3.82. The van der Waals surface area contributed by atoms with Gasteiger partial charge in [-0.1, -0.05) is 58.4 Å². The highest BCUT2D eigenvalue weighted by Crippen LogP contribution is 2.50. The maximum absolute atomic E-state index is 11.5. The van der Waals surface area contributed by atoms with Crippen LogP contribution in [-0.4, -0.2) is 5.97 Å². The van der Waals surface area contributed by atoms with Crippen LogP contribution in [0.5, 0.6) is 0 Å². The summed E-state index contributed by atoms with van der Waals surface area (Å²) in [6.07, 6.45) is 5.39. The molecule has 0 saturated carbocycles. The van der Waals surface area contributed by atoms with Gasteiger partial charge < -0.3 is 15.2 Å². The average Bonchev–Trinajstić information content (AvgIpc) is 3.03. The Balaban J connectivity index is 1.85. The molecule has 0 bridgehead atoms. The third-order valence-electron chi connectivity index (χ3n) is 4.82. The molecule has 3 nitrogen and oxygen atoms in total. The number of hydrogen-bond donors (Lipinski definition) is 1. The first-order valence-electron chi connectivity index (χ1n) is 7.68. The maximum atomic E-state index is 11.5. The first kappa shape index (κ1) is 14.5. The maximum Gasteiger partial charge on any atom is 0.0736 e. The Morgan fingerprint density at radius 2 is 2.04 bits per heavy atom. The van der Waals surface area contributed by atoms with Gasteiger partial charge in [0.1, 0.15) is 0 Å². The van der Waals surface area contributed by atoms with Crippen LogP contribution in [0.4, 0.5) is 5.69 Å². The number of aromatic carboxylic acids is 1. The molecule has 4 heteroatoms. The summed E-state index contributed by atoms with van der Waals surface area (Å²) in [6, 6.07) is 13.7. The minimum atomic E-state index is -1.14. The molecule has 4 rings (SSSR count). The fourth-order valence-corrected chi connectivity index (χ4v) is 4.24. The molecule has 1 heterocycles. The fraction of sp³-hybridized carbons (Fsp3) is 0.211. The van der Waals surface area contributed by atoms with E-state index in [0.29, 0.717) is 11.6 Å². The number of para-hydroxylation sites is 1. The lowest BCUT2D eigenvalue weighted by molar-refractivity contribution is -0.254. The molecule has 116 valence electrons. The molecular weight excluding hydrogens is 354 g/mol. The topological polar surface area (TPSA) is 52.2 Å². The Morgan fingerprint density at radius 3 is 2.83 bits per heavy atom. The number of rotatable bonds is 2. The van der Waals surface area contributed by atoms with Gasteiger partial charge in [-0.25, -0.2) is 0 Å². The molecule has 2 aliphatic rings. The van der Waals surface area contributed by atoms with Crippen LogP contribution >= 0.6 is 15.9 Å². The van der Waals surface area contributed by atoms with Crippen LogP contribution in [0.25, 0.3) is 0 Å². The van der Waals surface area contributed by atoms with E-state index < -0.39 is 5.97 Å². The van der Waals surface area contributed by atoms with Crippen molar-refractivity contribution in [2.45, 2.75) is 18.4 Å². The summed E-state index contributed by atoms with van der Waals surface area (Å²) in [5, 5.41) is 15.0. The number of hydrogen-bond acceptors (Lipinski definition) is 3. The zero-order valence-corrected chi connectivity index (χ0v) is 13.9. The molecule has 0 spiro atoms. The molecule has 23 heavy (non-hydrogen) atoms. The number of anilines is 1. The van der Waals surface area contributed by atoms with Crippen molar-refractivity contribution in [2.24, 2.45) is 5.92 Å². The molecule has 1 N–H and O–H groups in total. The molecule has 0 fully saturated rings. The zero-order valence-electron chi connectivity index (χ0n) is 12.3. The molecule has 0 unspecified atom stereocenters. The van der Waals surface area contributed by atoms with Crippen molar-refractivity contribution in [3.05, 3.63) is 75.8 Å². The summed E-state index contributed by atoms with van der Waals surface area (Å²) in [5.41, 5.74) is 3.15. The van der Waals surface area contributed by atoms with Gasteiger partial charge in [0, 0.05) is 21.6 Å². The number of halogens is 1. The Kier molecular flexibility index (Phi) is 3.49. The third-order valence-corrected chi connectivity index (χ3v) is 5.32. The van der Waals surface area contributed by atoms with E-state index in [1.807, 2.05) is 18.2 Å². The summed E-state index contributed by atoms with van der Waals surface area (Å²) in [4.78, 5) is 11.5. The van der Waals surface area contributed by atoms with E-state index in [9.17, 15) is 9.90 Å². The second kappa shape index (κ2) is 5.53. The number of nitrogens with one attached hydrogen (secondary N) is 1. The van der Waals surface area contributed by atoms with Gasteiger partial charge in [0.15, 0.2) is 0 Å². The smallest absolute Gasteiger partial charge is 0.0736 e. The summed E-state index contributed by atoms with van der Waals surface area (Å²) >= 11 is 3.52. The van der Waals surface area contributed by atoms with E-state index in [4.69, 9.17) is 0 Å². The highest BCUT2D eigenvalue weighted by atomic mass is 79.9. The summed E-state index contributed by atoms with van der Waals surface area (Å²) in [6.45, 7) is 0. The van der Waals surface area contributed by atoms with Gasteiger partial charge in [0.2, 0.25) is 0 Å². The number of allylic oxidation sites excluding steroid dienone is 2. The number of carboxylic acid groups (broad SMARTS) is 1. The Hall–Kier alpha value is -2.07. The highest BCUT2D eigenvalue weighted by molar-refractivity contribution is 9.10. The molecule has 2 aromatic carbocycles. The second-order valence-corrected chi connectivity index (χ2v) is 7.00. The van der Waals surface area contributed by atoms with Gasteiger partial charge in [-0.3, -0.25) is 0 Å². The van der Waals surface area contributed by atoms with Crippen LogP contribution in [0, 0.1) is 5.92 Å². The molecular formula is C19H15BrNO2-. The van der Waals surface area contributed by atoms with Crippen molar-refractivity contribution < 1.29 is 9.90 Å². The molecule has 1 aliphatic heterocycles. The van der Waals surface area contributed by atoms with Gasteiger partial charge in [-0.05, 0) is 35.6 Å². The van der Waals surface area contributed by atoms with Gasteiger partial charge in [-0.2, -0.15) is 0 Å². The largest absolute Gasteiger partial charge is 0.545 e. The molecule has 0 amide bonds. The summed E-state index contributed by atoms with van der Waals surface area (Å²) in [7, 11) is 0. The molecule has 2 aromatic rings. The van der Waals surface area contributed by atoms with Crippen molar-refractivity contribution in [1.29, 1.82) is 0 Å². The minimum Gasteiger partial charge on any atom is -0.545 e. The number of fused-ring (bicyclic) bond motifs is 3. The van der Waals surface area contributed by atoms with E-state index in [1.165, 1.54) is 0 Å². The van der Waals surface area contributed by atoms with Crippen LogP contribution in [0.1, 0.15) is 39.9 Å². The number of carboxylic acids is 1. The first-order chi connectivity index (χ1) is 11.1. The molecule has 3 atom stereocenters. The quantitative estimate of drug-likeness (QED) is 0.823. The van der Waals surface area contributed by atoms with Crippen LogP contribution in [0.15, 0.2) is 59.1 Å². The standard InChI is InChI=1S/C19H16BrNO2/c20-12-5-1-4-11(10-12)17-14-7-2-6-13(14)15-8-3-9-16(19(22)23)18(15)21-17/h1-6,8-10,13-14,17,21H,7H2,(H,22,23)/p-1/t13-,14+,17-/m1/s1. The summed E-state index contributed by atoms with van der Waals surface area (Å²) < 4.78 is 1.03. The minimum absolute atomic E-state index is 0.0838. The van der Waals surface area contributed by atoms with Crippen molar-refractivity contribution in [1.82, 2.24) is 0 Å². The average molecular weight is 369 g/mol. The van der Waals surface area contributed by atoms with Crippen molar-refractivity contribution in [3.8, 4) is 0 Å². The van der Waals surface area contributed by atoms with E-state index in [1.54, 1.807) is 12.1 Å². The van der Waals surface area contributed by atoms with Crippen LogP contribution in [-0.2, 0) is 0 Å². The Morgan fingerprint density at radius 1 is 1.22 bits per heavy atom. The number of carbonyl (C=O) groups is 1. The molecule has 0 radical (unpaired) electrons. The SMILES string of the molecule is O=C([O-])c1cccc2c1N[C@H](c1cccc(Br)c1)[C@H]1CC=C[C@@H]21. The highest BCUT2D eigenvalue weighted by Gasteiger charge is 2.38. The van der Waals surface area contributed by atoms with Crippen molar-refractivity contribution in [3.63, 3.8) is 0 Å². The lowest BCUT2D eigenvalue weighted by atomic mass is 9.76. The van der Waals surface area contributed by atoms with Gasteiger partial charge >= 0.3 is 0 Å². The number of carbonyl (C=O) groups excluding carboxylic acids is 1. The lowest BCUT2D eigenvalue weighted by Gasteiger charge is -2.38. The Bertz CT molecular complexity index is 815. The predicted octanol–water partition coefficient (Wildman–Crippen LogP) is 3.64. The normalized spacial score (nSPS) is 24.7. The number of benzene rings is 2. The van der Waals surface area contributed by atoms with E-state index >= 15 is 0 Å². The lowest BCUT2D eigenvalue weighted by Crippen LogP contribution is -2.32. The van der Waals surface area contributed by atoms with Crippen molar-refractivity contribution >= 4 is 27.6 Å². The molecule has 0 saturated heterocycles. The molecule has 0 aromatic heterocycles. The van der Waals surface area contributed by atoms with Gasteiger partial charge in [-0.15, -0.1) is 0 Å².